The Bertz CT molecular complexity index is 567. The maximum absolute atomic E-state index is 6.04. The number of likely N-dealkylation sites (tertiary alicyclic amines) is 1. The van der Waals surface area contributed by atoms with E-state index in [0.717, 1.165) is 36.0 Å². The molecule has 1 aromatic carbocycles. The lowest BCUT2D eigenvalue weighted by Crippen LogP contribution is -2.22. The lowest BCUT2D eigenvalue weighted by Gasteiger charge is -2.22. The van der Waals surface area contributed by atoms with Gasteiger partial charge >= 0.3 is 0 Å². The molecule has 0 bridgehead atoms. The molecule has 3 nitrogen and oxygen atoms in total. The predicted molar refractivity (Wildman–Crippen MR) is 75.1 cm³/mol. The Labute approximate surface area is 118 Å². The van der Waals surface area contributed by atoms with Crippen LogP contribution in [0.25, 0.3) is 0 Å². The summed E-state index contributed by atoms with van der Waals surface area (Å²) in [6, 6.07) is 10.4. The van der Waals surface area contributed by atoms with Crippen molar-refractivity contribution in [3.8, 4) is 0 Å². The fourth-order valence-electron chi connectivity index (χ4n) is 2.75. The van der Waals surface area contributed by atoms with Crippen molar-refractivity contribution in [3.63, 3.8) is 0 Å². The van der Waals surface area contributed by atoms with Crippen LogP contribution in [0.4, 0.5) is 0 Å². The first-order chi connectivity index (χ1) is 9.22. The summed E-state index contributed by atoms with van der Waals surface area (Å²) >= 11 is 6.04. The molecule has 0 saturated carbocycles. The molecule has 1 atom stereocenters. The van der Waals surface area contributed by atoms with Crippen LogP contribution in [-0.4, -0.2) is 16.6 Å². The van der Waals surface area contributed by atoms with Gasteiger partial charge in [0.25, 0.3) is 0 Å². The standard InChI is InChI=1S/C15H17ClN2O/c1-11-8-15(19-17-11)14-6-3-7-18(14)10-12-4-2-5-13(16)9-12/h2,4-5,8-9,14H,3,6-7,10H2,1H3. The molecule has 1 unspecified atom stereocenters. The van der Waals surface area contributed by atoms with E-state index < -0.39 is 0 Å². The Balaban J connectivity index is 1.76. The van der Waals surface area contributed by atoms with Gasteiger partial charge in [-0.2, -0.15) is 0 Å². The molecule has 3 rings (SSSR count). The predicted octanol–water partition coefficient (Wildman–Crippen LogP) is 3.97. The fourth-order valence-corrected chi connectivity index (χ4v) is 2.96. The molecule has 0 N–H and O–H groups in total. The van der Waals surface area contributed by atoms with Crippen LogP contribution in [0.1, 0.15) is 35.9 Å². The van der Waals surface area contributed by atoms with Gasteiger partial charge in [0.15, 0.2) is 5.76 Å². The van der Waals surface area contributed by atoms with E-state index >= 15 is 0 Å². The first-order valence-corrected chi connectivity index (χ1v) is 7.02. The quantitative estimate of drug-likeness (QED) is 0.849. The van der Waals surface area contributed by atoms with E-state index in [-0.39, 0.29) is 0 Å². The van der Waals surface area contributed by atoms with Crippen molar-refractivity contribution >= 4 is 11.6 Å². The van der Waals surface area contributed by atoms with E-state index in [2.05, 4.69) is 16.1 Å². The van der Waals surface area contributed by atoms with Gasteiger partial charge in [-0.3, -0.25) is 4.90 Å². The molecule has 0 aliphatic carbocycles. The lowest BCUT2D eigenvalue weighted by molar-refractivity contribution is 0.206. The zero-order chi connectivity index (χ0) is 13.2. The molecule has 1 aliphatic heterocycles. The first-order valence-electron chi connectivity index (χ1n) is 6.64. The summed E-state index contributed by atoms with van der Waals surface area (Å²) in [5.41, 5.74) is 2.19. The van der Waals surface area contributed by atoms with Gasteiger partial charge in [-0.25, -0.2) is 0 Å². The van der Waals surface area contributed by atoms with Gasteiger partial charge in [-0.15, -0.1) is 0 Å². The summed E-state index contributed by atoms with van der Waals surface area (Å²) in [7, 11) is 0. The van der Waals surface area contributed by atoms with Crippen molar-refractivity contribution in [1.82, 2.24) is 10.1 Å². The summed E-state index contributed by atoms with van der Waals surface area (Å²) in [4.78, 5) is 2.44. The van der Waals surface area contributed by atoms with Gasteiger partial charge in [0.1, 0.15) is 0 Å². The first kappa shape index (κ1) is 12.7. The summed E-state index contributed by atoms with van der Waals surface area (Å²) in [6.45, 7) is 3.96. The molecule has 100 valence electrons. The number of halogens is 1. The van der Waals surface area contributed by atoms with Crippen LogP contribution in [0.15, 0.2) is 34.9 Å². The van der Waals surface area contributed by atoms with E-state index in [4.69, 9.17) is 16.1 Å². The van der Waals surface area contributed by atoms with Gasteiger partial charge < -0.3 is 4.52 Å². The SMILES string of the molecule is Cc1cc(C2CCCN2Cc2cccc(Cl)c2)on1. The minimum atomic E-state index is 0.347. The number of hydrogen-bond acceptors (Lipinski definition) is 3. The van der Waals surface area contributed by atoms with Crippen molar-refractivity contribution in [3.05, 3.63) is 52.4 Å². The van der Waals surface area contributed by atoms with Crippen LogP contribution < -0.4 is 0 Å². The number of rotatable bonds is 3. The van der Waals surface area contributed by atoms with E-state index in [1.807, 2.05) is 31.2 Å². The highest BCUT2D eigenvalue weighted by atomic mass is 35.5. The Morgan fingerprint density at radius 1 is 1.42 bits per heavy atom. The Morgan fingerprint density at radius 2 is 2.32 bits per heavy atom. The Kier molecular flexibility index (Phi) is 3.58. The molecule has 0 amide bonds. The van der Waals surface area contributed by atoms with E-state index in [1.165, 1.54) is 12.0 Å². The molecule has 4 heteroatoms. The minimum Gasteiger partial charge on any atom is -0.359 e. The van der Waals surface area contributed by atoms with Crippen LogP contribution in [0.3, 0.4) is 0 Å². The lowest BCUT2D eigenvalue weighted by atomic mass is 10.1. The number of nitrogens with zero attached hydrogens (tertiary/aromatic N) is 2. The van der Waals surface area contributed by atoms with Gasteiger partial charge in [0, 0.05) is 17.6 Å². The molecule has 19 heavy (non-hydrogen) atoms. The average molecular weight is 277 g/mol. The Morgan fingerprint density at radius 3 is 3.05 bits per heavy atom. The molecule has 1 aliphatic rings. The van der Waals surface area contributed by atoms with Gasteiger partial charge in [-0.05, 0) is 44.0 Å². The van der Waals surface area contributed by atoms with Crippen molar-refractivity contribution in [1.29, 1.82) is 0 Å². The third kappa shape index (κ3) is 2.82. The molecule has 1 aromatic heterocycles. The molecular formula is C15H17ClN2O. The maximum Gasteiger partial charge on any atom is 0.154 e. The van der Waals surface area contributed by atoms with Crippen molar-refractivity contribution in [2.75, 3.05) is 6.54 Å². The largest absolute Gasteiger partial charge is 0.359 e. The van der Waals surface area contributed by atoms with E-state index in [9.17, 15) is 0 Å². The second-order valence-corrected chi connectivity index (χ2v) is 5.57. The smallest absolute Gasteiger partial charge is 0.154 e. The topological polar surface area (TPSA) is 29.3 Å². The second kappa shape index (κ2) is 5.35. The van der Waals surface area contributed by atoms with Crippen molar-refractivity contribution in [2.45, 2.75) is 32.4 Å². The molecule has 0 spiro atoms. The molecule has 1 fully saturated rings. The van der Waals surface area contributed by atoms with Crippen LogP contribution >= 0.6 is 11.6 Å². The van der Waals surface area contributed by atoms with E-state index in [0.29, 0.717) is 6.04 Å². The number of aryl methyl sites for hydroxylation is 1. The second-order valence-electron chi connectivity index (χ2n) is 5.13. The van der Waals surface area contributed by atoms with Crippen molar-refractivity contribution in [2.24, 2.45) is 0 Å². The zero-order valence-corrected chi connectivity index (χ0v) is 11.7. The molecule has 2 heterocycles. The van der Waals surface area contributed by atoms with Gasteiger partial charge in [0.05, 0.1) is 11.7 Å². The summed E-state index contributed by atoms with van der Waals surface area (Å²) < 4.78 is 5.42. The number of aromatic nitrogens is 1. The monoisotopic (exact) mass is 276 g/mol. The van der Waals surface area contributed by atoms with E-state index in [1.54, 1.807) is 0 Å². The average Bonchev–Trinajstić information content (AvgIpc) is 2.98. The molecule has 0 radical (unpaired) electrons. The Hall–Kier alpha value is -1.32. The van der Waals surface area contributed by atoms with Crippen LogP contribution in [0, 0.1) is 6.92 Å². The van der Waals surface area contributed by atoms with Crippen molar-refractivity contribution < 1.29 is 4.52 Å². The molecule has 1 saturated heterocycles. The molecular weight excluding hydrogens is 260 g/mol. The van der Waals surface area contributed by atoms with Gasteiger partial charge in [-0.1, -0.05) is 28.9 Å². The third-order valence-electron chi connectivity index (χ3n) is 3.61. The van der Waals surface area contributed by atoms with Crippen LogP contribution in [-0.2, 0) is 6.54 Å². The highest BCUT2D eigenvalue weighted by Gasteiger charge is 2.28. The summed E-state index contributed by atoms with van der Waals surface area (Å²) in [6.07, 6.45) is 2.33. The fraction of sp³-hybridized carbons (Fsp3) is 0.400. The maximum atomic E-state index is 6.04. The highest BCUT2D eigenvalue weighted by Crippen LogP contribution is 2.33. The normalized spacial score (nSPS) is 20.0. The highest BCUT2D eigenvalue weighted by molar-refractivity contribution is 6.30. The summed E-state index contributed by atoms with van der Waals surface area (Å²) in [5, 5.41) is 4.79. The van der Waals surface area contributed by atoms with Crippen LogP contribution in [0.5, 0.6) is 0 Å². The number of benzene rings is 1. The third-order valence-corrected chi connectivity index (χ3v) is 3.85. The minimum absolute atomic E-state index is 0.347. The summed E-state index contributed by atoms with van der Waals surface area (Å²) in [5.74, 6) is 0.983. The molecule has 2 aromatic rings. The van der Waals surface area contributed by atoms with Gasteiger partial charge in [0.2, 0.25) is 0 Å². The number of hydrogen-bond donors (Lipinski definition) is 0. The zero-order valence-electron chi connectivity index (χ0n) is 11.0. The van der Waals surface area contributed by atoms with Crippen LogP contribution in [0.2, 0.25) is 5.02 Å².